The first kappa shape index (κ1) is 30.6. The zero-order chi connectivity index (χ0) is 29.9. The number of anilines is 4. The number of nitrogens with zero attached hydrogens (tertiary/aromatic N) is 3. The maximum atomic E-state index is 13.9. The highest BCUT2D eigenvalue weighted by Crippen LogP contribution is 2.52. The van der Waals surface area contributed by atoms with Crippen molar-refractivity contribution in [1.82, 2.24) is 14.5 Å². The average molecular weight is 658 g/mol. The van der Waals surface area contributed by atoms with Gasteiger partial charge in [-0.3, -0.25) is 4.57 Å². The van der Waals surface area contributed by atoms with Crippen LogP contribution >= 0.6 is 23.5 Å². The van der Waals surface area contributed by atoms with Gasteiger partial charge in [-0.2, -0.15) is 18.2 Å². The number of fused-ring (bicyclic) bond motifs is 1. The highest BCUT2D eigenvalue weighted by molar-refractivity contribution is 9.10. The number of methoxy groups -OCH3 is 1. The van der Waals surface area contributed by atoms with Crippen LogP contribution < -0.4 is 15.4 Å². The van der Waals surface area contributed by atoms with Crippen LogP contribution in [0.4, 0.5) is 36.3 Å². The molecule has 2 heterocycles. The normalized spacial score (nSPS) is 12.1. The van der Waals surface area contributed by atoms with Gasteiger partial charge in [-0.05, 0) is 43.7 Å². The van der Waals surface area contributed by atoms with Crippen molar-refractivity contribution in [3.05, 3.63) is 58.3 Å². The lowest BCUT2D eigenvalue weighted by atomic mass is 10.1. The standard InChI is InChI=1S/C26H28BrF3N5O5P/c1-5-39-41(37,40-6-2)14-15-7-9-19(21(11-15)38-4)33-25-31-12-17(26(28,29)30)23(34-25)32-20-10-8-18(27)16-13-35(3)24(36)22(16)20/h7-13,36H,5-6,14H2,1-4H3,(H2,31,32,33,34). The Hall–Kier alpha value is -3.32. The third-order valence-corrected chi connectivity index (χ3v) is 8.71. The van der Waals surface area contributed by atoms with Crippen molar-refractivity contribution in [2.75, 3.05) is 31.0 Å². The number of hydrogen-bond acceptors (Lipinski definition) is 9. The van der Waals surface area contributed by atoms with Crippen LogP contribution in [0.1, 0.15) is 25.0 Å². The van der Waals surface area contributed by atoms with Crippen LogP contribution in [-0.4, -0.2) is 40.0 Å². The summed E-state index contributed by atoms with van der Waals surface area (Å²) < 4.78 is 73.0. The number of aromatic hydroxyl groups is 1. The molecule has 4 rings (SSSR count). The molecule has 10 nitrogen and oxygen atoms in total. The molecule has 15 heteroatoms. The quantitative estimate of drug-likeness (QED) is 0.139. The first-order chi connectivity index (χ1) is 19.4. The van der Waals surface area contributed by atoms with Gasteiger partial charge < -0.3 is 34.1 Å². The third-order valence-electron chi connectivity index (χ3n) is 5.96. The first-order valence-electron chi connectivity index (χ1n) is 12.4. The Morgan fingerprint density at radius 2 is 1.78 bits per heavy atom. The topological polar surface area (TPSA) is 120 Å². The number of aryl methyl sites for hydroxylation is 1. The second-order valence-electron chi connectivity index (χ2n) is 8.79. The maximum Gasteiger partial charge on any atom is 0.421 e. The molecular formula is C26H28BrF3N5O5P. The van der Waals surface area contributed by atoms with Gasteiger partial charge in [0.05, 0.1) is 43.2 Å². The minimum atomic E-state index is -4.76. The summed E-state index contributed by atoms with van der Waals surface area (Å²) in [5, 5.41) is 17.1. The molecule has 0 aliphatic rings. The summed E-state index contributed by atoms with van der Waals surface area (Å²) in [5.74, 6) is -0.491. The number of ether oxygens (including phenoxy) is 1. The van der Waals surface area contributed by atoms with Crippen LogP contribution in [0.25, 0.3) is 10.8 Å². The highest BCUT2D eigenvalue weighted by atomic mass is 79.9. The van der Waals surface area contributed by atoms with E-state index in [4.69, 9.17) is 13.8 Å². The van der Waals surface area contributed by atoms with E-state index in [1.54, 1.807) is 51.4 Å². The van der Waals surface area contributed by atoms with Gasteiger partial charge in [0, 0.05) is 29.3 Å². The summed E-state index contributed by atoms with van der Waals surface area (Å²) in [6.45, 7) is 3.86. The molecule has 0 aliphatic carbocycles. The molecule has 0 fully saturated rings. The summed E-state index contributed by atoms with van der Waals surface area (Å²) >= 11 is 3.40. The second-order valence-corrected chi connectivity index (χ2v) is 11.7. The molecule has 0 atom stereocenters. The number of halogens is 4. The number of benzene rings is 2. The molecule has 0 saturated carbocycles. The largest absolute Gasteiger partial charge is 0.495 e. The van der Waals surface area contributed by atoms with Gasteiger partial charge in [-0.1, -0.05) is 22.0 Å². The molecule has 0 amide bonds. The van der Waals surface area contributed by atoms with Crippen molar-refractivity contribution < 1.29 is 36.6 Å². The van der Waals surface area contributed by atoms with E-state index < -0.39 is 25.2 Å². The highest BCUT2D eigenvalue weighted by Gasteiger charge is 2.36. The molecule has 4 aromatic rings. The number of aromatic nitrogens is 3. The van der Waals surface area contributed by atoms with E-state index in [0.29, 0.717) is 38.4 Å². The average Bonchev–Trinajstić information content (AvgIpc) is 3.21. The predicted molar refractivity (Wildman–Crippen MR) is 153 cm³/mol. The Morgan fingerprint density at radius 1 is 1.10 bits per heavy atom. The minimum Gasteiger partial charge on any atom is -0.495 e. The van der Waals surface area contributed by atoms with E-state index in [-0.39, 0.29) is 36.9 Å². The minimum absolute atomic E-state index is 0.00413. The Balaban J connectivity index is 1.69. The summed E-state index contributed by atoms with van der Waals surface area (Å²) in [4.78, 5) is 7.97. The SMILES string of the molecule is CCOP(=O)(Cc1ccc(Nc2ncc(C(F)(F)F)c(Nc3ccc(Br)c4cn(C)c(O)c34)n2)c(OC)c1)OCC. The van der Waals surface area contributed by atoms with Gasteiger partial charge in [0.25, 0.3) is 0 Å². The lowest BCUT2D eigenvalue weighted by Crippen LogP contribution is -2.13. The Kier molecular flexibility index (Phi) is 9.17. The predicted octanol–water partition coefficient (Wildman–Crippen LogP) is 7.72. The lowest BCUT2D eigenvalue weighted by Gasteiger charge is -2.18. The number of nitrogens with one attached hydrogen (secondary N) is 2. The van der Waals surface area contributed by atoms with Crippen LogP contribution in [0.15, 0.2) is 47.2 Å². The second kappa shape index (κ2) is 12.3. The molecule has 0 radical (unpaired) electrons. The fourth-order valence-electron chi connectivity index (χ4n) is 4.17. The molecule has 0 saturated heterocycles. The Morgan fingerprint density at radius 3 is 2.41 bits per heavy atom. The van der Waals surface area contributed by atoms with E-state index in [0.717, 1.165) is 0 Å². The Bertz CT molecular complexity index is 1600. The fraction of sp³-hybridized carbons (Fsp3) is 0.308. The van der Waals surface area contributed by atoms with Crippen LogP contribution in [-0.2, 0) is 33.0 Å². The van der Waals surface area contributed by atoms with Crippen LogP contribution in [0.3, 0.4) is 0 Å². The van der Waals surface area contributed by atoms with Crippen molar-refractivity contribution in [1.29, 1.82) is 0 Å². The van der Waals surface area contributed by atoms with Gasteiger partial charge in [-0.25, -0.2) is 4.98 Å². The molecule has 41 heavy (non-hydrogen) atoms. The zero-order valence-corrected chi connectivity index (χ0v) is 25.0. The zero-order valence-electron chi connectivity index (χ0n) is 22.5. The van der Waals surface area contributed by atoms with Gasteiger partial charge >= 0.3 is 13.8 Å². The van der Waals surface area contributed by atoms with E-state index in [9.17, 15) is 22.8 Å². The molecule has 3 N–H and O–H groups in total. The molecule has 2 aromatic heterocycles. The number of rotatable bonds is 11. The summed E-state index contributed by atoms with van der Waals surface area (Å²) in [5.41, 5.74) is 0.0810. The number of alkyl halides is 3. The van der Waals surface area contributed by atoms with Gasteiger partial charge in [0.2, 0.25) is 11.8 Å². The first-order valence-corrected chi connectivity index (χ1v) is 14.9. The van der Waals surface area contributed by atoms with Gasteiger partial charge in [-0.15, -0.1) is 0 Å². The monoisotopic (exact) mass is 657 g/mol. The molecule has 0 bridgehead atoms. The molecule has 220 valence electrons. The summed E-state index contributed by atoms with van der Waals surface area (Å²) in [7, 11) is -0.342. The summed E-state index contributed by atoms with van der Waals surface area (Å²) in [6, 6.07) is 8.07. The fourth-order valence-corrected chi connectivity index (χ4v) is 6.29. The van der Waals surface area contributed by atoms with Gasteiger partial charge in [0.15, 0.2) is 0 Å². The number of hydrogen-bond donors (Lipinski definition) is 3. The molecule has 0 spiro atoms. The van der Waals surface area contributed by atoms with E-state index >= 15 is 0 Å². The van der Waals surface area contributed by atoms with E-state index in [1.807, 2.05) is 0 Å². The van der Waals surface area contributed by atoms with Crippen molar-refractivity contribution in [2.45, 2.75) is 26.2 Å². The smallest absolute Gasteiger partial charge is 0.421 e. The molecule has 0 aliphatic heterocycles. The van der Waals surface area contributed by atoms with Gasteiger partial charge in [0.1, 0.15) is 17.1 Å². The maximum absolute atomic E-state index is 13.9. The van der Waals surface area contributed by atoms with Crippen LogP contribution in [0, 0.1) is 0 Å². The lowest BCUT2D eigenvalue weighted by molar-refractivity contribution is -0.137. The van der Waals surface area contributed by atoms with Crippen molar-refractivity contribution in [3.63, 3.8) is 0 Å². The molecular weight excluding hydrogens is 630 g/mol. The Labute approximate surface area is 242 Å². The van der Waals surface area contributed by atoms with E-state index in [1.165, 1.54) is 17.7 Å². The van der Waals surface area contributed by atoms with Crippen molar-refractivity contribution in [3.8, 4) is 11.6 Å². The molecule has 2 aromatic carbocycles. The van der Waals surface area contributed by atoms with E-state index in [2.05, 4.69) is 36.5 Å². The molecule has 0 unspecified atom stereocenters. The van der Waals surface area contributed by atoms with Crippen LogP contribution in [0.2, 0.25) is 0 Å². The van der Waals surface area contributed by atoms with Crippen LogP contribution in [0.5, 0.6) is 11.6 Å². The third kappa shape index (κ3) is 6.78. The summed E-state index contributed by atoms with van der Waals surface area (Å²) in [6.07, 6.45) is -2.44. The van der Waals surface area contributed by atoms with Crippen molar-refractivity contribution in [2.24, 2.45) is 7.05 Å². The van der Waals surface area contributed by atoms with Crippen molar-refractivity contribution >= 4 is 57.4 Å².